The van der Waals surface area contributed by atoms with Gasteiger partial charge in [-0.05, 0) is 98.2 Å². The minimum absolute atomic E-state index is 0.0434. The van der Waals surface area contributed by atoms with Gasteiger partial charge in [0.2, 0.25) is 0 Å². The van der Waals surface area contributed by atoms with E-state index in [9.17, 15) is 10.2 Å². The first-order chi connectivity index (χ1) is 16.6. The molecule has 0 heterocycles. The molecule has 0 bridgehead atoms. The molecule has 6 unspecified atom stereocenters. The molecule has 5 saturated carbocycles. The van der Waals surface area contributed by atoms with E-state index in [4.69, 9.17) is 0 Å². The fourth-order valence-corrected chi connectivity index (χ4v) is 10.4. The molecule has 2 N–H and O–H groups in total. The van der Waals surface area contributed by atoms with Gasteiger partial charge >= 0.3 is 0 Å². The van der Waals surface area contributed by atoms with Gasteiger partial charge in [-0.2, -0.15) is 0 Å². The highest BCUT2D eigenvalue weighted by atomic mass is 16.3. The van der Waals surface area contributed by atoms with E-state index in [0.717, 1.165) is 42.4 Å². The molecule has 5 aliphatic carbocycles. The monoisotopic (exact) mass is 472 g/mol. The second-order valence-electron chi connectivity index (χ2n) is 14.0. The summed E-state index contributed by atoms with van der Waals surface area (Å²) in [6, 6.07) is 0. The average Bonchev–Trinajstić information content (AvgIpc) is 2.90. The van der Waals surface area contributed by atoms with Crippen molar-refractivity contribution in [2.45, 2.75) is 154 Å². The molecule has 0 spiro atoms. The molecule has 6 atom stereocenters. The summed E-state index contributed by atoms with van der Waals surface area (Å²) in [5.41, 5.74) is 0.417. The highest BCUT2D eigenvalue weighted by Gasteiger charge is 2.52. The quantitative estimate of drug-likeness (QED) is 0.422. The topological polar surface area (TPSA) is 40.5 Å². The van der Waals surface area contributed by atoms with Crippen LogP contribution in [0, 0.1) is 46.8 Å². The molecule has 0 aromatic rings. The molecule has 0 aromatic heterocycles. The fraction of sp³-hybridized carbons (Fsp3) is 1.00. The van der Waals surface area contributed by atoms with Crippen LogP contribution >= 0.6 is 0 Å². The zero-order valence-electron chi connectivity index (χ0n) is 22.4. The molecular formula is C32H56O2. The highest BCUT2D eigenvalue weighted by molar-refractivity contribution is 5.02. The lowest BCUT2D eigenvalue weighted by Crippen LogP contribution is -2.50. The Bertz CT molecular complexity index is 571. The first-order valence-corrected chi connectivity index (χ1v) is 15.9. The normalized spacial score (nSPS) is 41.7. The molecule has 2 heteroatoms. The second kappa shape index (κ2) is 11.5. The van der Waals surface area contributed by atoms with Gasteiger partial charge in [0, 0.05) is 0 Å². The van der Waals surface area contributed by atoms with Crippen LogP contribution in [0.3, 0.4) is 0 Å². The van der Waals surface area contributed by atoms with Gasteiger partial charge in [-0.3, -0.25) is 0 Å². The Morgan fingerprint density at radius 1 is 0.441 bits per heavy atom. The highest BCUT2D eigenvalue weighted by Crippen LogP contribution is 2.59. The van der Waals surface area contributed by atoms with Gasteiger partial charge in [-0.25, -0.2) is 0 Å². The van der Waals surface area contributed by atoms with Crippen LogP contribution in [0.2, 0.25) is 0 Å². The number of aliphatic hydroxyl groups is 2. The third-order valence-electron chi connectivity index (χ3n) is 12.5. The molecular weight excluding hydrogens is 416 g/mol. The molecule has 5 fully saturated rings. The van der Waals surface area contributed by atoms with Crippen molar-refractivity contribution in [3.8, 4) is 0 Å². The summed E-state index contributed by atoms with van der Waals surface area (Å²) in [5.74, 6) is 5.14. The Labute approximate surface area is 211 Å². The van der Waals surface area contributed by atoms with Gasteiger partial charge < -0.3 is 10.2 Å². The van der Waals surface area contributed by atoms with Crippen LogP contribution in [-0.2, 0) is 0 Å². The van der Waals surface area contributed by atoms with Crippen molar-refractivity contribution in [2.24, 2.45) is 46.8 Å². The first-order valence-electron chi connectivity index (χ1n) is 15.9. The minimum Gasteiger partial charge on any atom is -0.393 e. The van der Waals surface area contributed by atoms with E-state index in [1.54, 1.807) is 0 Å². The number of hydrogen-bond acceptors (Lipinski definition) is 2. The van der Waals surface area contributed by atoms with Crippen LogP contribution < -0.4 is 0 Å². The van der Waals surface area contributed by atoms with E-state index in [0.29, 0.717) is 17.3 Å². The van der Waals surface area contributed by atoms with Crippen molar-refractivity contribution in [1.82, 2.24) is 0 Å². The summed E-state index contributed by atoms with van der Waals surface area (Å²) in [5, 5.41) is 22.3. The molecule has 0 saturated heterocycles. The van der Waals surface area contributed by atoms with E-state index >= 15 is 0 Å². The van der Waals surface area contributed by atoms with Crippen LogP contribution in [0.15, 0.2) is 0 Å². The molecule has 0 radical (unpaired) electrons. The van der Waals surface area contributed by atoms with E-state index in [1.165, 1.54) is 122 Å². The lowest BCUT2D eigenvalue weighted by molar-refractivity contribution is -0.101. The average molecular weight is 473 g/mol. The molecule has 0 aliphatic heterocycles. The van der Waals surface area contributed by atoms with Gasteiger partial charge in [0.25, 0.3) is 0 Å². The van der Waals surface area contributed by atoms with E-state index in [1.807, 2.05) is 0 Å². The van der Waals surface area contributed by atoms with Crippen molar-refractivity contribution in [3.05, 3.63) is 0 Å². The standard InChI is InChI=1S/C32H56O2/c1-32(25-15-9-4-10-16-25,26-17-19-30(33)28(21-26)23-11-5-2-6-12-23)27-18-20-31(34)29(22-27)24-13-7-3-8-14-24/h23-31,33-34H,2-22H2,1H3. The predicted molar refractivity (Wildman–Crippen MR) is 142 cm³/mol. The third-order valence-corrected chi connectivity index (χ3v) is 12.5. The van der Waals surface area contributed by atoms with Crippen molar-refractivity contribution in [2.75, 3.05) is 0 Å². The maximum absolute atomic E-state index is 11.1. The number of rotatable bonds is 5. The van der Waals surface area contributed by atoms with Crippen molar-refractivity contribution < 1.29 is 10.2 Å². The Morgan fingerprint density at radius 2 is 0.824 bits per heavy atom. The summed E-state index contributed by atoms with van der Waals surface area (Å²) < 4.78 is 0. The predicted octanol–water partition coefficient (Wildman–Crippen LogP) is 8.29. The maximum Gasteiger partial charge on any atom is 0.0571 e. The summed E-state index contributed by atoms with van der Waals surface area (Å²) in [7, 11) is 0. The Hall–Kier alpha value is -0.0800. The molecule has 5 rings (SSSR count). The van der Waals surface area contributed by atoms with Gasteiger partial charge in [-0.15, -0.1) is 0 Å². The van der Waals surface area contributed by atoms with Crippen LogP contribution in [0.4, 0.5) is 0 Å². The zero-order chi connectivity index (χ0) is 23.5. The van der Waals surface area contributed by atoms with E-state index < -0.39 is 0 Å². The molecule has 0 amide bonds. The summed E-state index contributed by atoms with van der Waals surface area (Å²) in [4.78, 5) is 0. The third kappa shape index (κ3) is 5.29. The van der Waals surface area contributed by atoms with Gasteiger partial charge in [-0.1, -0.05) is 90.4 Å². The van der Waals surface area contributed by atoms with Gasteiger partial charge in [0.05, 0.1) is 12.2 Å². The molecule has 0 aromatic carbocycles. The van der Waals surface area contributed by atoms with Gasteiger partial charge in [0.15, 0.2) is 0 Å². The maximum atomic E-state index is 11.1. The summed E-state index contributed by atoms with van der Waals surface area (Å²) in [6.07, 6.45) is 28.2. The van der Waals surface area contributed by atoms with Crippen LogP contribution in [-0.4, -0.2) is 22.4 Å². The smallest absolute Gasteiger partial charge is 0.0571 e. The summed E-state index contributed by atoms with van der Waals surface area (Å²) >= 11 is 0. The minimum atomic E-state index is -0.0434. The molecule has 5 aliphatic rings. The van der Waals surface area contributed by atoms with Crippen molar-refractivity contribution in [3.63, 3.8) is 0 Å². The van der Waals surface area contributed by atoms with Gasteiger partial charge in [0.1, 0.15) is 0 Å². The first kappa shape index (κ1) is 25.6. The fourth-order valence-electron chi connectivity index (χ4n) is 10.4. The lowest BCUT2D eigenvalue weighted by atomic mass is 9.49. The number of aliphatic hydroxyl groups excluding tert-OH is 2. The van der Waals surface area contributed by atoms with Crippen molar-refractivity contribution >= 4 is 0 Å². The summed E-state index contributed by atoms with van der Waals surface area (Å²) in [6.45, 7) is 2.74. The molecule has 34 heavy (non-hydrogen) atoms. The van der Waals surface area contributed by atoms with Crippen LogP contribution in [0.25, 0.3) is 0 Å². The second-order valence-corrected chi connectivity index (χ2v) is 14.0. The zero-order valence-corrected chi connectivity index (χ0v) is 22.4. The Morgan fingerprint density at radius 3 is 1.24 bits per heavy atom. The SMILES string of the molecule is CC(C1CCCCC1)(C1CCC(O)C(C2CCCCC2)C1)C1CCC(O)C(C2CCCCC2)C1. The van der Waals surface area contributed by atoms with E-state index in [2.05, 4.69) is 6.92 Å². The Balaban J connectivity index is 1.38. The van der Waals surface area contributed by atoms with Crippen molar-refractivity contribution in [1.29, 1.82) is 0 Å². The number of hydrogen-bond donors (Lipinski definition) is 2. The van der Waals surface area contributed by atoms with E-state index in [-0.39, 0.29) is 12.2 Å². The lowest BCUT2D eigenvalue weighted by Gasteiger charge is -2.56. The Kier molecular flexibility index (Phi) is 8.67. The van der Waals surface area contributed by atoms with Crippen LogP contribution in [0.5, 0.6) is 0 Å². The largest absolute Gasteiger partial charge is 0.393 e. The van der Waals surface area contributed by atoms with Crippen LogP contribution in [0.1, 0.15) is 142 Å². The molecule has 196 valence electrons. The molecule has 2 nitrogen and oxygen atoms in total.